The molecule has 2 nitrogen and oxygen atoms in total. The van der Waals surface area contributed by atoms with Crippen molar-refractivity contribution < 1.29 is 4.39 Å². The first-order valence-corrected chi connectivity index (χ1v) is 6.30. The Morgan fingerprint density at radius 3 is 2.65 bits per heavy atom. The number of thiocarbonyl (C=S) groups is 1. The highest BCUT2D eigenvalue weighted by molar-refractivity contribution is 7.80. The molecule has 0 atom stereocenters. The third-order valence-electron chi connectivity index (χ3n) is 2.73. The monoisotopic (exact) mass is 254 g/mol. The molecule has 0 fully saturated rings. The second kappa shape index (κ2) is 6.67. The molecule has 0 aliphatic heterocycles. The number of hydrogen-bond donors (Lipinski definition) is 1. The van der Waals surface area contributed by atoms with Crippen LogP contribution in [0.15, 0.2) is 18.2 Å². The fourth-order valence-corrected chi connectivity index (χ4v) is 1.96. The van der Waals surface area contributed by atoms with Gasteiger partial charge in [-0.05, 0) is 25.6 Å². The van der Waals surface area contributed by atoms with E-state index in [9.17, 15) is 4.39 Å². The van der Waals surface area contributed by atoms with Crippen molar-refractivity contribution in [3.05, 3.63) is 35.1 Å². The summed E-state index contributed by atoms with van der Waals surface area (Å²) in [6.45, 7) is 6.67. The van der Waals surface area contributed by atoms with Gasteiger partial charge in [0, 0.05) is 17.7 Å². The van der Waals surface area contributed by atoms with Crippen LogP contribution in [0.1, 0.15) is 31.4 Å². The van der Waals surface area contributed by atoms with Crippen LogP contribution in [0, 0.1) is 5.82 Å². The predicted molar refractivity (Wildman–Crippen MR) is 73.5 cm³/mol. The van der Waals surface area contributed by atoms with E-state index in [1.54, 1.807) is 18.2 Å². The molecule has 0 aliphatic rings. The molecule has 0 amide bonds. The molecule has 0 unspecified atom stereocenters. The molecule has 0 heterocycles. The Morgan fingerprint density at radius 1 is 1.41 bits per heavy atom. The SMILES string of the molecule is CCCN(CC)Cc1cccc(C(N)=S)c1F. The van der Waals surface area contributed by atoms with Crippen molar-refractivity contribution in [3.63, 3.8) is 0 Å². The average molecular weight is 254 g/mol. The van der Waals surface area contributed by atoms with Crippen molar-refractivity contribution in [1.82, 2.24) is 4.90 Å². The number of halogens is 1. The Kier molecular flexibility index (Phi) is 5.51. The molecule has 4 heteroatoms. The zero-order valence-electron chi connectivity index (χ0n) is 10.4. The summed E-state index contributed by atoms with van der Waals surface area (Å²) >= 11 is 4.83. The molecule has 1 rings (SSSR count). The van der Waals surface area contributed by atoms with E-state index in [-0.39, 0.29) is 10.8 Å². The van der Waals surface area contributed by atoms with Gasteiger partial charge in [0.2, 0.25) is 0 Å². The Bertz CT molecular complexity index is 393. The van der Waals surface area contributed by atoms with Gasteiger partial charge in [-0.15, -0.1) is 0 Å². The van der Waals surface area contributed by atoms with E-state index in [0.29, 0.717) is 17.7 Å². The van der Waals surface area contributed by atoms with Crippen LogP contribution in [0.2, 0.25) is 0 Å². The van der Waals surface area contributed by atoms with Gasteiger partial charge in [-0.1, -0.05) is 38.2 Å². The van der Waals surface area contributed by atoms with Crippen LogP contribution in [0.5, 0.6) is 0 Å². The van der Waals surface area contributed by atoms with E-state index in [4.69, 9.17) is 18.0 Å². The minimum atomic E-state index is -0.283. The van der Waals surface area contributed by atoms with Crippen molar-refractivity contribution in [2.24, 2.45) is 5.73 Å². The van der Waals surface area contributed by atoms with Crippen molar-refractivity contribution in [1.29, 1.82) is 0 Å². The molecule has 94 valence electrons. The number of rotatable bonds is 6. The maximum absolute atomic E-state index is 14.1. The van der Waals surface area contributed by atoms with Gasteiger partial charge in [0.15, 0.2) is 0 Å². The minimum absolute atomic E-state index is 0.114. The van der Waals surface area contributed by atoms with Crippen LogP contribution in [0.4, 0.5) is 4.39 Å². The molecule has 0 saturated heterocycles. The molecule has 0 saturated carbocycles. The first kappa shape index (κ1) is 14.1. The van der Waals surface area contributed by atoms with Crippen molar-refractivity contribution in [2.75, 3.05) is 13.1 Å². The van der Waals surface area contributed by atoms with Crippen molar-refractivity contribution >= 4 is 17.2 Å². The van der Waals surface area contributed by atoms with E-state index in [2.05, 4.69) is 18.7 Å². The third kappa shape index (κ3) is 3.75. The lowest BCUT2D eigenvalue weighted by Crippen LogP contribution is -2.24. The van der Waals surface area contributed by atoms with Crippen LogP contribution in [-0.2, 0) is 6.54 Å². The minimum Gasteiger partial charge on any atom is -0.389 e. The number of hydrogen-bond acceptors (Lipinski definition) is 2. The van der Waals surface area contributed by atoms with Crippen LogP contribution < -0.4 is 5.73 Å². The summed E-state index contributed by atoms with van der Waals surface area (Å²) in [5, 5.41) is 0. The Morgan fingerprint density at radius 2 is 2.12 bits per heavy atom. The second-order valence-electron chi connectivity index (χ2n) is 4.01. The molecule has 1 aromatic carbocycles. The highest BCUT2D eigenvalue weighted by Crippen LogP contribution is 2.15. The summed E-state index contributed by atoms with van der Waals surface area (Å²) in [5.41, 5.74) is 6.48. The van der Waals surface area contributed by atoms with Crippen molar-refractivity contribution in [2.45, 2.75) is 26.8 Å². The zero-order chi connectivity index (χ0) is 12.8. The van der Waals surface area contributed by atoms with Crippen molar-refractivity contribution in [3.8, 4) is 0 Å². The molecule has 17 heavy (non-hydrogen) atoms. The molecular formula is C13H19FN2S. The number of nitrogens with two attached hydrogens (primary N) is 1. The van der Waals surface area contributed by atoms with Crippen LogP contribution in [-0.4, -0.2) is 23.0 Å². The van der Waals surface area contributed by atoms with E-state index in [1.165, 1.54) is 0 Å². The molecule has 2 N–H and O–H groups in total. The quantitative estimate of drug-likeness (QED) is 0.791. The summed E-state index contributed by atoms with van der Waals surface area (Å²) in [6, 6.07) is 5.21. The van der Waals surface area contributed by atoms with Gasteiger partial charge in [-0.25, -0.2) is 4.39 Å². The standard InChI is InChI=1S/C13H19FN2S/c1-3-8-16(4-2)9-10-6-5-7-11(12(10)14)13(15)17/h5-7H,3-4,8-9H2,1-2H3,(H2,15,17). The topological polar surface area (TPSA) is 29.3 Å². The summed E-state index contributed by atoms with van der Waals surface area (Å²) in [6.07, 6.45) is 1.06. The molecule has 1 aromatic rings. The van der Waals surface area contributed by atoms with Gasteiger partial charge in [-0.3, -0.25) is 4.90 Å². The predicted octanol–water partition coefficient (Wildman–Crippen LogP) is 2.69. The normalized spacial score (nSPS) is 10.8. The lowest BCUT2D eigenvalue weighted by atomic mass is 10.1. The first-order chi connectivity index (χ1) is 8.10. The molecule has 0 spiro atoms. The number of nitrogens with zero attached hydrogens (tertiary/aromatic N) is 1. The van der Waals surface area contributed by atoms with E-state index in [1.807, 2.05) is 0 Å². The van der Waals surface area contributed by atoms with Gasteiger partial charge >= 0.3 is 0 Å². The van der Waals surface area contributed by atoms with Gasteiger partial charge in [0.1, 0.15) is 10.8 Å². The third-order valence-corrected chi connectivity index (χ3v) is 2.95. The van der Waals surface area contributed by atoms with Gasteiger partial charge in [-0.2, -0.15) is 0 Å². The lowest BCUT2D eigenvalue weighted by molar-refractivity contribution is 0.276. The zero-order valence-corrected chi connectivity index (χ0v) is 11.2. The Balaban J connectivity index is 2.91. The second-order valence-corrected chi connectivity index (χ2v) is 4.45. The summed E-state index contributed by atoms with van der Waals surface area (Å²) in [7, 11) is 0. The highest BCUT2D eigenvalue weighted by atomic mass is 32.1. The molecule has 0 radical (unpaired) electrons. The van der Waals surface area contributed by atoms with Gasteiger partial charge in [0.05, 0.1) is 0 Å². The van der Waals surface area contributed by atoms with Gasteiger partial charge in [0.25, 0.3) is 0 Å². The smallest absolute Gasteiger partial charge is 0.137 e. The first-order valence-electron chi connectivity index (χ1n) is 5.89. The highest BCUT2D eigenvalue weighted by Gasteiger charge is 2.12. The fourth-order valence-electron chi connectivity index (χ4n) is 1.80. The summed E-state index contributed by atoms with van der Waals surface area (Å²) < 4.78 is 14.1. The molecule has 0 bridgehead atoms. The van der Waals surface area contributed by atoms with E-state index in [0.717, 1.165) is 19.5 Å². The van der Waals surface area contributed by atoms with Crippen LogP contribution in [0.3, 0.4) is 0 Å². The lowest BCUT2D eigenvalue weighted by Gasteiger charge is -2.20. The van der Waals surface area contributed by atoms with E-state index < -0.39 is 0 Å². The maximum Gasteiger partial charge on any atom is 0.137 e. The Labute approximate surface area is 108 Å². The number of benzene rings is 1. The molecular weight excluding hydrogens is 235 g/mol. The Hall–Kier alpha value is -1.00. The summed E-state index contributed by atoms with van der Waals surface area (Å²) in [5.74, 6) is -0.283. The fraction of sp³-hybridized carbons (Fsp3) is 0.462. The molecule has 0 aliphatic carbocycles. The van der Waals surface area contributed by atoms with Crippen LogP contribution in [0.25, 0.3) is 0 Å². The van der Waals surface area contributed by atoms with Crippen LogP contribution >= 0.6 is 12.2 Å². The maximum atomic E-state index is 14.1. The summed E-state index contributed by atoms with van der Waals surface area (Å²) in [4.78, 5) is 2.31. The molecule has 0 aromatic heterocycles. The average Bonchev–Trinajstić information content (AvgIpc) is 2.30. The van der Waals surface area contributed by atoms with E-state index >= 15 is 0 Å². The largest absolute Gasteiger partial charge is 0.389 e. The van der Waals surface area contributed by atoms with Gasteiger partial charge < -0.3 is 5.73 Å².